The van der Waals surface area contributed by atoms with Gasteiger partial charge in [0, 0.05) is 0 Å². The van der Waals surface area contributed by atoms with Crippen molar-refractivity contribution in [3.63, 3.8) is 0 Å². The number of aliphatic hydroxyl groups is 1. The van der Waals surface area contributed by atoms with Gasteiger partial charge in [0.25, 0.3) is 0 Å². The third-order valence-electron chi connectivity index (χ3n) is 6.76. The Kier molecular flexibility index (Phi) is 6.36. The predicted octanol–water partition coefficient (Wildman–Crippen LogP) is 4.44. The molecule has 1 aliphatic heterocycles. The van der Waals surface area contributed by atoms with Gasteiger partial charge in [0.1, 0.15) is 22.0 Å². The Bertz CT molecular complexity index is 1060. The normalized spacial score (nSPS) is 22.9. The highest BCUT2D eigenvalue weighted by molar-refractivity contribution is 7.92. The van der Waals surface area contributed by atoms with E-state index in [1.807, 2.05) is 0 Å². The summed E-state index contributed by atoms with van der Waals surface area (Å²) in [5.41, 5.74) is -0.0495. The third kappa shape index (κ3) is 4.97. The number of piperidine rings is 1. The van der Waals surface area contributed by atoms with Crippen molar-refractivity contribution in [3.05, 3.63) is 48.5 Å². The highest BCUT2D eigenvalue weighted by Gasteiger charge is 2.55. The van der Waals surface area contributed by atoms with Gasteiger partial charge in [-0.2, -0.15) is 0 Å². The van der Waals surface area contributed by atoms with Gasteiger partial charge in [0.05, 0.1) is 11.5 Å². The lowest BCUT2D eigenvalue weighted by Gasteiger charge is -2.36. The van der Waals surface area contributed by atoms with Crippen LogP contribution in [0.15, 0.2) is 53.4 Å². The summed E-state index contributed by atoms with van der Waals surface area (Å²) in [5, 5.41) is 13.5. The average molecular weight is 486 g/mol. The van der Waals surface area contributed by atoms with Crippen molar-refractivity contribution in [2.45, 2.75) is 48.1 Å². The molecular formula is C23H26F3NO5S. The van der Waals surface area contributed by atoms with Crippen molar-refractivity contribution >= 4 is 9.84 Å². The molecule has 0 aromatic heterocycles. The maximum Gasteiger partial charge on any atom is 0.573 e. The number of alkyl halides is 3. The maximum atomic E-state index is 13.5. The van der Waals surface area contributed by atoms with E-state index in [2.05, 4.69) is 10.1 Å². The lowest BCUT2D eigenvalue weighted by molar-refractivity contribution is -0.274. The molecule has 2 aliphatic rings. The van der Waals surface area contributed by atoms with Gasteiger partial charge in [-0.05, 0) is 99.1 Å². The minimum Gasteiger partial charge on any atom is -0.457 e. The molecule has 2 aromatic carbocycles. The van der Waals surface area contributed by atoms with E-state index in [0.717, 1.165) is 44.5 Å². The highest BCUT2D eigenvalue weighted by atomic mass is 32.2. The first-order chi connectivity index (χ1) is 15.6. The summed E-state index contributed by atoms with van der Waals surface area (Å²) in [6, 6.07) is 10.8. The molecule has 180 valence electrons. The SMILES string of the molecule is O=S(=O)(c1ccc(Oc2ccc(OC(F)(F)F)cc2)cc1)C1(CO)CCC2(CCNCC2)C1. The van der Waals surface area contributed by atoms with Crippen molar-refractivity contribution in [1.29, 1.82) is 0 Å². The highest BCUT2D eigenvalue weighted by Crippen LogP contribution is 2.54. The molecule has 0 amide bonds. The lowest BCUT2D eigenvalue weighted by Crippen LogP contribution is -2.43. The molecule has 33 heavy (non-hydrogen) atoms. The number of hydrogen-bond acceptors (Lipinski definition) is 6. The van der Waals surface area contributed by atoms with E-state index >= 15 is 0 Å². The van der Waals surface area contributed by atoms with Crippen LogP contribution in [0.4, 0.5) is 13.2 Å². The van der Waals surface area contributed by atoms with Crippen molar-refractivity contribution < 1.29 is 36.2 Å². The van der Waals surface area contributed by atoms with Crippen LogP contribution in [-0.4, -0.2) is 44.3 Å². The lowest BCUT2D eigenvalue weighted by atomic mass is 9.77. The molecule has 4 rings (SSSR count). The summed E-state index contributed by atoms with van der Waals surface area (Å²) in [5.74, 6) is 0.238. The van der Waals surface area contributed by atoms with Crippen molar-refractivity contribution in [2.24, 2.45) is 5.41 Å². The molecular weight excluding hydrogens is 459 g/mol. The Hall–Kier alpha value is -2.30. The molecule has 10 heteroatoms. The van der Waals surface area contributed by atoms with Crippen LogP contribution in [-0.2, 0) is 9.84 Å². The van der Waals surface area contributed by atoms with E-state index in [4.69, 9.17) is 4.74 Å². The minimum absolute atomic E-state index is 0.0495. The molecule has 1 atom stereocenters. The van der Waals surface area contributed by atoms with E-state index in [1.165, 1.54) is 36.4 Å². The number of sulfone groups is 1. The zero-order valence-electron chi connectivity index (χ0n) is 17.9. The Morgan fingerprint density at radius 2 is 1.42 bits per heavy atom. The van der Waals surface area contributed by atoms with Gasteiger partial charge in [-0.1, -0.05) is 0 Å². The van der Waals surface area contributed by atoms with Gasteiger partial charge in [-0.25, -0.2) is 8.42 Å². The van der Waals surface area contributed by atoms with Gasteiger partial charge in [-0.15, -0.1) is 13.2 Å². The summed E-state index contributed by atoms with van der Waals surface area (Å²) in [6.45, 7) is 1.29. The second kappa shape index (κ2) is 8.81. The first-order valence-electron chi connectivity index (χ1n) is 10.8. The fourth-order valence-electron chi connectivity index (χ4n) is 4.97. The van der Waals surface area contributed by atoms with E-state index in [-0.39, 0.29) is 21.8 Å². The van der Waals surface area contributed by atoms with Crippen molar-refractivity contribution in [2.75, 3.05) is 19.7 Å². The van der Waals surface area contributed by atoms with Crippen LogP contribution in [0, 0.1) is 5.41 Å². The number of halogens is 3. The first-order valence-corrected chi connectivity index (χ1v) is 12.2. The quantitative estimate of drug-likeness (QED) is 0.630. The van der Waals surface area contributed by atoms with Crippen LogP contribution < -0.4 is 14.8 Å². The molecule has 1 heterocycles. The van der Waals surface area contributed by atoms with Gasteiger partial charge >= 0.3 is 6.36 Å². The smallest absolute Gasteiger partial charge is 0.457 e. The molecule has 6 nitrogen and oxygen atoms in total. The van der Waals surface area contributed by atoms with E-state index in [9.17, 15) is 26.7 Å². The van der Waals surface area contributed by atoms with Gasteiger partial charge < -0.3 is 19.9 Å². The Morgan fingerprint density at radius 3 is 1.97 bits per heavy atom. The Morgan fingerprint density at radius 1 is 0.879 bits per heavy atom. The number of rotatable bonds is 6. The number of nitrogens with one attached hydrogen (secondary N) is 1. The number of ether oxygens (including phenoxy) is 2. The van der Waals surface area contributed by atoms with E-state index in [0.29, 0.717) is 18.6 Å². The fraction of sp³-hybridized carbons (Fsp3) is 0.478. The predicted molar refractivity (Wildman–Crippen MR) is 115 cm³/mol. The van der Waals surface area contributed by atoms with Crippen LogP contribution in [0.25, 0.3) is 0 Å². The molecule has 2 fully saturated rings. The second-order valence-corrected chi connectivity index (χ2v) is 11.2. The van der Waals surface area contributed by atoms with E-state index < -0.39 is 27.6 Å². The number of benzene rings is 2. The molecule has 1 spiro atoms. The van der Waals surface area contributed by atoms with Crippen LogP contribution >= 0.6 is 0 Å². The van der Waals surface area contributed by atoms with Crippen LogP contribution in [0.2, 0.25) is 0 Å². The molecule has 1 saturated heterocycles. The largest absolute Gasteiger partial charge is 0.573 e. The van der Waals surface area contributed by atoms with Gasteiger partial charge in [-0.3, -0.25) is 0 Å². The van der Waals surface area contributed by atoms with E-state index in [1.54, 1.807) is 0 Å². The molecule has 0 bridgehead atoms. The summed E-state index contributed by atoms with van der Waals surface area (Å²) in [6.07, 6.45) is -1.30. The summed E-state index contributed by atoms with van der Waals surface area (Å²) in [4.78, 5) is 0.115. The molecule has 2 aromatic rings. The van der Waals surface area contributed by atoms with Gasteiger partial charge in [0.15, 0.2) is 9.84 Å². The van der Waals surface area contributed by atoms with Gasteiger partial charge in [0.2, 0.25) is 0 Å². The van der Waals surface area contributed by atoms with Crippen LogP contribution in [0.5, 0.6) is 17.2 Å². The molecule has 1 aliphatic carbocycles. The molecule has 1 unspecified atom stereocenters. The summed E-state index contributed by atoms with van der Waals surface area (Å²) >= 11 is 0. The number of hydrogen-bond donors (Lipinski definition) is 2. The number of aliphatic hydroxyl groups excluding tert-OH is 1. The Labute approximate surface area is 190 Å². The minimum atomic E-state index is -4.78. The van der Waals surface area contributed by atoms with Crippen molar-refractivity contribution in [1.82, 2.24) is 5.32 Å². The first kappa shape index (κ1) is 23.8. The molecule has 1 saturated carbocycles. The standard InChI is InChI=1S/C23H26F3NO5S/c24-23(25,26)32-19-3-1-17(2-4-19)31-18-5-7-20(8-6-18)33(29,30)22(16-28)10-9-21(15-22)11-13-27-14-12-21/h1-8,27-28H,9-16H2. The summed E-state index contributed by atoms with van der Waals surface area (Å²) in [7, 11) is -3.79. The topological polar surface area (TPSA) is 84.9 Å². The van der Waals surface area contributed by atoms with Crippen LogP contribution in [0.3, 0.4) is 0 Å². The molecule has 2 N–H and O–H groups in total. The fourth-order valence-corrected chi connectivity index (χ4v) is 7.00. The zero-order chi connectivity index (χ0) is 23.7. The molecule has 0 radical (unpaired) electrons. The summed E-state index contributed by atoms with van der Waals surface area (Å²) < 4.78 is 72.1. The Balaban J connectivity index is 1.48. The zero-order valence-corrected chi connectivity index (χ0v) is 18.7. The average Bonchev–Trinajstić information content (AvgIpc) is 3.15. The second-order valence-electron chi connectivity index (χ2n) is 8.86. The van der Waals surface area contributed by atoms with Crippen molar-refractivity contribution in [3.8, 4) is 17.2 Å². The maximum absolute atomic E-state index is 13.5. The third-order valence-corrected chi connectivity index (χ3v) is 9.27. The van der Waals surface area contributed by atoms with Crippen LogP contribution in [0.1, 0.15) is 32.1 Å². The monoisotopic (exact) mass is 485 g/mol.